The van der Waals surface area contributed by atoms with Gasteiger partial charge in [0.2, 0.25) is 0 Å². The Balaban J connectivity index is 1.82. The maximum absolute atomic E-state index is 6.23. The van der Waals surface area contributed by atoms with E-state index >= 15 is 0 Å². The molecule has 0 aliphatic heterocycles. The zero-order chi connectivity index (χ0) is 17.1. The molecular formula is C20H15N3S2. The summed E-state index contributed by atoms with van der Waals surface area (Å²) < 4.78 is 0. The third-order valence-electron chi connectivity index (χ3n) is 3.68. The van der Waals surface area contributed by atoms with E-state index < -0.39 is 0 Å². The van der Waals surface area contributed by atoms with Crippen LogP contribution >= 0.6 is 22.7 Å². The van der Waals surface area contributed by atoms with Crippen LogP contribution < -0.4 is 5.73 Å². The number of rotatable bonds is 4. The number of hydrogen-bond donors (Lipinski definition) is 1. The Morgan fingerprint density at radius 2 is 1.60 bits per heavy atom. The topological polar surface area (TPSA) is 51.3 Å². The van der Waals surface area contributed by atoms with Crippen LogP contribution in [0.4, 0.5) is 5.00 Å². The second-order valence-electron chi connectivity index (χ2n) is 5.38. The van der Waals surface area contributed by atoms with E-state index in [1.807, 2.05) is 60.0 Å². The van der Waals surface area contributed by atoms with Crippen LogP contribution in [0.5, 0.6) is 0 Å². The molecule has 3 nitrogen and oxygen atoms in total. The van der Waals surface area contributed by atoms with Crippen molar-refractivity contribution in [3.63, 3.8) is 0 Å². The van der Waals surface area contributed by atoms with Crippen LogP contribution in [0.1, 0.15) is 5.56 Å². The van der Waals surface area contributed by atoms with Gasteiger partial charge in [-0.15, -0.1) is 11.3 Å². The van der Waals surface area contributed by atoms with E-state index in [2.05, 4.69) is 23.2 Å². The molecule has 4 aromatic rings. The third kappa shape index (κ3) is 3.38. The van der Waals surface area contributed by atoms with Crippen molar-refractivity contribution in [2.75, 3.05) is 0 Å². The normalized spacial score (nSPS) is 11.6. The van der Waals surface area contributed by atoms with Crippen molar-refractivity contribution in [2.24, 2.45) is 10.7 Å². The molecule has 0 aliphatic rings. The molecule has 0 fully saturated rings. The van der Waals surface area contributed by atoms with Gasteiger partial charge in [0.25, 0.3) is 0 Å². The van der Waals surface area contributed by atoms with Gasteiger partial charge in [0.1, 0.15) is 21.5 Å². The van der Waals surface area contributed by atoms with Crippen LogP contribution in [0, 0.1) is 0 Å². The van der Waals surface area contributed by atoms with Crippen LogP contribution in [-0.4, -0.2) is 10.8 Å². The molecule has 2 aromatic carbocycles. The number of aromatic nitrogens is 1. The van der Waals surface area contributed by atoms with Crippen molar-refractivity contribution in [3.05, 3.63) is 83.7 Å². The minimum atomic E-state index is 0.502. The van der Waals surface area contributed by atoms with Gasteiger partial charge in [-0.2, -0.15) is 0 Å². The number of thiophene rings is 1. The van der Waals surface area contributed by atoms with Crippen LogP contribution in [0.2, 0.25) is 0 Å². The fraction of sp³-hybridized carbons (Fsp3) is 0. The van der Waals surface area contributed by atoms with Gasteiger partial charge < -0.3 is 5.73 Å². The minimum absolute atomic E-state index is 0.502. The van der Waals surface area contributed by atoms with Gasteiger partial charge in [-0.3, -0.25) is 0 Å². The van der Waals surface area contributed by atoms with Crippen LogP contribution in [0.15, 0.2) is 83.2 Å². The predicted octanol–water partition coefficient (Wildman–Crippen LogP) is 5.58. The molecule has 4 rings (SSSR count). The smallest absolute Gasteiger partial charge is 0.147 e. The zero-order valence-electron chi connectivity index (χ0n) is 13.3. The SMILES string of the molecule is N/C(=N\c1sc(-c2ccccc2)nc1-c1cccs1)c1ccccc1. The molecule has 0 spiro atoms. The number of hydrogen-bond acceptors (Lipinski definition) is 4. The quantitative estimate of drug-likeness (QED) is 0.381. The monoisotopic (exact) mass is 361 g/mol. The average Bonchev–Trinajstić information content (AvgIpc) is 3.33. The molecule has 25 heavy (non-hydrogen) atoms. The summed E-state index contributed by atoms with van der Waals surface area (Å²) in [5.74, 6) is 0.502. The first kappa shape index (κ1) is 15.7. The summed E-state index contributed by atoms with van der Waals surface area (Å²) >= 11 is 3.22. The van der Waals surface area contributed by atoms with E-state index in [1.165, 1.54) is 0 Å². The van der Waals surface area contributed by atoms with E-state index in [-0.39, 0.29) is 0 Å². The lowest BCUT2D eigenvalue weighted by molar-refractivity contribution is 1.40. The van der Waals surface area contributed by atoms with Crippen LogP contribution in [0.3, 0.4) is 0 Å². The number of amidine groups is 1. The first-order valence-electron chi connectivity index (χ1n) is 7.81. The van der Waals surface area contributed by atoms with Gasteiger partial charge in [0.15, 0.2) is 0 Å². The molecule has 2 aromatic heterocycles. The molecule has 2 heterocycles. The Labute approximate surface area is 154 Å². The van der Waals surface area contributed by atoms with Crippen molar-refractivity contribution < 1.29 is 0 Å². The summed E-state index contributed by atoms with van der Waals surface area (Å²) in [7, 11) is 0. The maximum atomic E-state index is 6.23. The summed E-state index contributed by atoms with van der Waals surface area (Å²) in [6, 6.07) is 24.0. The summed E-state index contributed by atoms with van der Waals surface area (Å²) in [5.41, 5.74) is 9.12. The third-order valence-corrected chi connectivity index (χ3v) is 5.55. The summed E-state index contributed by atoms with van der Waals surface area (Å²) in [6.45, 7) is 0. The highest BCUT2D eigenvalue weighted by Gasteiger charge is 2.15. The molecule has 5 heteroatoms. The van der Waals surface area contributed by atoms with E-state index in [1.54, 1.807) is 22.7 Å². The molecule has 0 bridgehead atoms. The molecule has 0 amide bonds. The zero-order valence-corrected chi connectivity index (χ0v) is 14.9. The lowest BCUT2D eigenvalue weighted by Crippen LogP contribution is -2.12. The number of nitrogens with two attached hydrogens (primary N) is 1. The molecule has 0 saturated heterocycles. The molecule has 122 valence electrons. The van der Waals surface area contributed by atoms with Gasteiger partial charge in [-0.1, -0.05) is 78.1 Å². The Kier molecular flexibility index (Phi) is 4.41. The lowest BCUT2D eigenvalue weighted by Gasteiger charge is -2.00. The van der Waals surface area contributed by atoms with Crippen LogP contribution in [0.25, 0.3) is 21.1 Å². The fourth-order valence-electron chi connectivity index (χ4n) is 2.45. The summed E-state index contributed by atoms with van der Waals surface area (Å²) in [4.78, 5) is 10.6. The molecule has 0 saturated carbocycles. The highest BCUT2D eigenvalue weighted by molar-refractivity contribution is 7.20. The number of benzene rings is 2. The molecule has 2 N–H and O–H groups in total. The second-order valence-corrected chi connectivity index (χ2v) is 7.30. The Morgan fingerprint density at radius 3 is 2.28 bits per heavy atom. The molecule has 0 atom stereocenters. The highest BCUT2D eigenvalue weighted by Crippen LogP contribution is 2.41. The second kappa shape index (κ2) is 7.01. The predicted molar refractivity (Wildman–Crippen MR) is 108 cm³/mol. The molecular weight excluding hydrogens is 346 g/mol. The number of thiazole rings is 1. The van der Waals surface area contributed by atoms with Gasteiger partial charge in [0, 0.05) is 11.1 Å². The minimum Gasteiger partial charge on any atom is -0.383 e. The molecule has 0 radical (unpaired) electrons. The van der Waals surface area contributed by atoms with Crippen molar-refractivity contribution >= 4 is 33.5 Å². The van der Waals surface area contributed by atoms with E-state index in [9.17, 15) is 0 Å². The van der Waals surface area contributed by atoms with Crippen molar-refractivity contribution in [1.29, 1.82) is 0 Å². The summed E-state index contributed by atoms with van der Waals surface area (Å²) in [5, 5.41) is 3.83. The van der Waals surface area contributed by atoms with Gasteiger partial charge >= 0.3 is 0 Å². The molecule has 0 aliphatic carbocycles. The Morgan fingerprint density at radius 1 is 0.880 bits per heavy atom. The standard InChI is InChI=1S/C20H15N3S2/c21-18(14-8-3-1-4-9-14)23-20-17(16-12-7-13-24-16)22-19(25-20)15-10-5-2-6-11-15/h1-13H,(H2,21,23). The molecule has 0 unspecified atom stereocenters. The average molecular weight is 361 g/mol. The lowest BCUT2D eigenvalue weighted by atomic mass is 10.2. The first-order valence-corrected chi connectivity index (χ1v) is 9.50. The largest absolute Gasteiger partial charge is 0.383 e. The summed E-state index contributed by atoms with van der Waals surface area (Å²) in [6.07, 6.45) is 0. The maximum Gasteiger partial charge on any atom is 0.147 e. The van der Waals surface area contributed by atoms with E-state index in [0.29, 0.717) is 5.84 Å². The highest BCUT2D eigenvalue weighted by atomic mass is 32.1. The Hall–Kier alpha value is -2.76. The van der Waals surface area contributed by atoms with Gasteiger partial charge in [-0.25, -0.2) is 9.98 Å². The first-order chi connectivity index (χ1) is 12.3. The van der Waals surface area contributed by atoms with Crippen molar-refractivity contribution in [1.82, 2.24) is 4.98 Å². The Bertz CT molecular complexity index is 988. The fourth-order valence-corrected chi connectivity index (χ4v) is 4.20. The van der Waals surface area contributed by atoms with Gasteiger partial charge in [-0.05, 0) is 11.4 Å². The van der Waals surface area contributed by atoms with Gasteiger partial charge in [0.05, 0.1) is 4.88 Å². The van der Waals surface area contributed by atoms with E-state index in [0.717, 1.165) is 31.7 Å². The van der Waals surface area contributed by atoms with E-state index in [4.69, 9.17) is 10.7 Å². The van der Waals surface area contributed by atoms with Crippen LogP contribution in [-0.2, 0) is 0 Å². The number of aliphatic imine (C=N–C) groups is 1. The van der Waals surface area contributed by atoms with Crippen molar-refractivity contribution in [2.45, 2.75) is 0 Å². The number of nitrogens with zero attached hydrogens (tertiary/aromatic N) is 2. The van der Waals surface area contributed by atoms with Crippen molar-refractivity contribution in [3.8, 4) is 21.1 Å².